The molecule has 0 unspecified atom stereocenters. The van der Waals surface area contributed by atoms with E-state index in [9.17, 15) is 9.18 Å². The third-order valence-electron chi connectivity index (χ3n) is 3.70. The molecule has 1 N–H and O–H groups in total. The highest BCUT2D eigenvalue weighted by Crippen LogP contribution is 2.20. The second-order valence-electron chi connectivity index (χ2n) is 5.07. The van der Waals surface area contributed by atoms with Crippen molar-refractivity contribution >= 4 is 11.7 Å². The van der Waals surface area contributed by atoms with Gasteiger partial charge < -0.3 is 10.2 Å². The summed E-state index contributed by atoms with van der Waals surface area (Å²) in [6, 6.07) is 8.71. The number of carbonyl (C=O) groups is 1. The van der Waals surface area contributed by atoms with Crippen LogP contribution in [0.4, 0.5) is 14.9 Å². The van der Waals surface area contributed by atoms with Crippen molar-refractivity contribution in [1.29, 1.82) is 0 Å². The third kappa shape index (κ3) is 2.89. The van der Waals surface area contributed by atoms with Gasteiger partial charge in [0.2, 0.25) is 0 Å². The molecule has 0 spiro atoms. The van der Waals surface area contributed by atoms with Gasteiger partial charge in [-0.25, -0.2) is 13.9 Å². The van der Waals surface area contributed by atoms with Crippen LogP contribution in [-0.2, 0) is 0 Å². The van der Waals surface area contributed by atoms with Crippen LogP contribution in [0.3, 0.4) is 0 Å². The zero-order valence-corrected chi connectivity index (χ0v) is 11.6. The average molecular weight is 288 g/mol. The van der Waals surface area contributed by atoms with E-state index in [1.54, 1.807) is 15.8 Å². The van der Waals surface area contributed by atoms with Crippen LogP contribution in [0.1, 0.15) is 12.8 Å². The molecule has 6 heteroatoms. The van der Waals surface area contributed by atoms with Gasteiger partial charge in [0, 0.05) is 24.6 Å². The summed E-state index contributed by atoms with van der Waals surface area (Å²) in [5.41, 5.74) is 1.61. The SMILES string of the molecule is O=C(Nc1ccc(-n2cccn2)cc1)N1CCC[C@H]1CF. The summed E-state index contributed by atoms with van der Waals surface area (Å²) >= 11 is 0. The van der Waals surface area contributed by atoms with Crippen LogP contribution in [0.2, 0.25) is 0 Å². The first-order chi connectivity index (χ1) is 10.3. The average Bonchev–Trinajstić information content (AvgIpc) is 3.19. The lowest BCUT2D eigenvalue weighted by Crippen LogP contribution is -2.39. The molecule has 0 radical (unpaired) electrons. The van der Waals surface area contributed by atoms with Crippen LogP contribution in [0.25, 0.3) is 5.69 Å². The summed E-state index contributed by atoms with van der Waals surface area (Å²) in [7, 11) is 0. The van der Waals surface area contributed by atoms with E-state index >= 15 is 0 Å². The van der Waals surface area contributed by atoms with Gasteiger partial charge in [-0.15, -0.1) is 0 Å². The fraction of sp³-hybridized carbons (Fsp3) is 0.333. The molecule has 1 aromatic carbocycles. The summed E-state index contributed by atoms with van der Waals surface area (Å²) < 4.78 is 14.6. The van der Waals surface area contributed by atoms with Gasteiger partial charge in [-0.1, -0.05) is 0 Å². The first-order valence-electron chi connectivity index (χ1n) is 7.01. The predicted molar refractivity (Wildman–Crippen MR) is 78.3 cm³/mol. The molecule has 21 heavy (non-hydrogen) atoms. The molecule has 0 saturated carbocycles. The number of carbonyl (C=O) groups excluding carboxylic acids is 1. The highest BCUT2D eigenvalue weighted by molar-refractivity contribution is 5.89. The minimum Gasteiger partial charge on any atom is -0.319 e. The monoisotopic (exact) mass is 288 g/mol. The molecule has 1 aromatic heterocycles. The van der Waals surface area contributed by atoms with Gasteiger partial charge in [0.25, 0.3) is 0 Å². The Morgan fingerprint density at radius 3 is 2.86 bits per heavy atom. The number of benzene rings is 1. The summed E-state index contributed by atoms with van der Waals surface area (Å²) in [4.78, 5) is 13.7. The molecule has 3 rings (SSSR count). The molecule has 2 aromatic rings. The molecule has 1 atom stereocenters. The second-order valence-corrected chi connectivity index (χ2v) is 5.07. The van der Waals surface area contributed by atoms with Crippen LogP contribution < -0.4 is 5.32 Å². The number of hydrogen-bond donors (Lipinski definition) is 1. The van der Waals surface area contributed by atoms with Crippen molar-refractivity contribution in [1.82, 2.24) is 14.7 Å². The molecule has 1 aliphatic rings. The van der Waals surface area contributed by atoms with Crippen LogP contribution in [0, 0.1) is 0 Å². The van der Waals surface area contributed by atoms with Gasteiger partial charge in [-0.3, -0.25) is 0 Å². The lowest BCUT2D eigenvalue weighted by molar-refractivity contribution is 0.195. The van der Waals surface area contributed by atoms with Gasteiger partial charge in [0.05, 0.1) is 11.7 Å². The van der Waals surface area contributed by atoms with Crippen molar-refractivity contribution in [2.75, 3.05) is 18.5 Å². The van der Waals surface area contributed by atoms with Gasteiger partial charge in [-0.2, -0.15) is 5.10 Å². The lowest BCUT2D eigenvalue weighted by atomic mass is 10.2. The van der Waals surface area contributed by atoms with E-state index in [-0.39, 0.29) is 12.1 Å². The topological polar surface area (TPSA) is 50.2 Å². The molecule has 2 heterocycles. The van der Waals surface area contributed by atoms with Gasteiger partial charge in [0.1, 0.15) is 6.67 Å². The van der Waals surface area contributed by atoms with Crippen molar-refractivity contribution in [3.8, 4) is 5.69 Å². The summed E-state index contributed by atoms with van der Waals surface area (Å²) in [6.07, 6.45) is 5.16. The minimum absolute atomic E-state index is 0.234. The molecule has 1 saturated heterocycles. The molecular formula is C15H17FN4O. The maximum Gasteiger partial charge on any atom is 0.322 e. The largest absolute Gasteiger partial charge is 0.322 e. The number of anilines is 1. The molecule has 110 valence electrons. The number of hydrogen-bond acceptors (Lipinski definition) is 2. The molecule has 0 bridgehead atoms. The van der Waals surface area contributed by atoms with Crippen molar-refractivity contribution in [3.63, 3.8) is 0 Å². The Morgan fingerprint density at radius 2 is 2.19 bits per heavy atom. The molecule has 0 aliphatic carbocycles. The summed E-state index contributed by atoms with van der Waals surface area (Å²) in [5.74, 6) is 0. The van der Waals surface area contributed by atoms with Crippen LogP contribution in [-0.4, -0.2) is 40.0 Å². The summed E-state index contributed by atoms with van der Waals surface area (Å²) in [5, 5.41) is 6.95. The van der Waals surface area contributed by atoms with Crippen molar-refractivity contribution < 1.29 is 9.18 Å². The number of alkyl halides is 1. The van der Waals surface area contributed by atoms with E-state index < -0.39 is 6.67 Å². The number of aromatic nitrogens is 2. The zero-order valence-electron chi connectivity index (χ0n) is 11.6. The number of nitrogens with one attached hydrogen (secondary N) is 1. The Hall–Kier alpha value is -2.37. The minimum atomic E-state index is -0.480. The predicted octanol–water partition coefficient (Wildman–Crippen LogP) is 2.84. The van der Waals surface area contributed by atoms with Crippen molar-refractivity contribution in [2.24, 2.45) is 0 Å². The lowest BCUT2D eigenvalue weighted by Gasteiger charge is -2.22. The standard InChI is InChI=1S/C15H17FN4O/c16-11-14-3-1-9-19(14)15(21)18-12-4-6-13(7-5-12)20-10-2-8-17-20/h2,4-8,10,14H,1,3,9,11H2,(H,18,21)/t14-/m0/s1. The van der Waals surface area contributed by atoms with Gasteiger partial charge >= 0.3 is 6.03 Å². The normalized spacial score (nSPS) is 18.0. The Bertz CT molecular complexity index is 597. The maximum atomic E-state index is 12.8. The first-order valence-corrected chi connectivity index (χ1v) is 7.01. The van der Waals surface area contributed by atoms with Gasteiger partial charge in [0.15, 0.2) is 0 Å². The Morgan fingerprint density at radius 1 is 1.38 bits per heavy atom. The zero-order chi connectivity index (χ0) is 14.7. The summed E-state index contributed by atoms with van der Waals surface area (Å²) in [6.45, 7) is 0.136. The fourth-order valence-electron chi connectivity index (χ4n) is 2.58. The number of amides is 2. The highest BCUT2D eigenvalue weighted by Gasteiger charge is 2.28. The second kappa shape index (κ2) is 5.95. The van der Waals surface area contributed by atoms with E-state index in [1.165, 1.54) is 0 Å². The Labute approximate surface area is 122 Å². The highest BCUT2D eigenvalue weighted by atomic mass is 19.1. The maximum absolute atomic E-state index is 12.8. The van der Waals surface area contributed by atoms with Crippen LogP contribution >= 0.6 is 0 Å². The van der Waals surface area contributed by atoms with Crippen molar-refractivity contribution in [3.05, 3.63) is 42.7 Å². The smallest absolute Gasteiger partial charge is 0.319 e. The first kappa shape index (κ1) is 13.6. The molecule has 1 aliphatic heterocycles. The number of rotatable bonds is 3. The number of nitrogens with zero attached hydrogens (tertiary/aromatic N) is 3. The number of urea groups is 1. The van der Waals surface area contributed by atoms with E-state index in [0.717, 1.165) is 18.5 Å². The van der Waals surface area contributed by atoms with Gasteiger partial charge in [-0.05, 0) is 43.2 Å². The van der Waals surface area contributed by atoms with E-state index in [2.05, 4.69) is 10.4 Å². The number of halogens is 1. The van der Waals surface area contributed by atoms with E-state index in [4.69, 9.17) is 0 Å². The van der Waals surface area contributed by atoms with E-state index in [0.29, 0.717) is 12.2 Å². The molecule has 5 nitrogen and oxygen atoms in total. The van der Waals surface area contributed by atoms with Crippen molar-refractivity contribution in [2.45, 2.75) is 18.9 Å². The molecular weight excluding hydrogens is 271 g/mol. The van der Waals surface area contributed by atoms with Crippen LogP contribution in [0.15, 0.2) is 42.7 Å². The Balaban J connectivity index is 1.66. The third-order valence-corrected chi connectivity index (χ3v) is 3.70. The molecule has 2 amide bonds. The number of likely N-dealkylation sites (tertiary alicyclic amines) is 1. The Kier molecular flexibility index (Phi) is 3.85. The molecule has 1 fully saturated rings. The van der Waals surface area contributed by atoms with E-state index in [1.807, 2.05) is 36.5 Å². The fourth-order valence-corrected chi connectivity index (χ4v) is 2.58. The van der Waals surface area contributed by atoms with Crippen LogP contribution in [0.5, 0.6) is 0 Å². The quantitative estimate of drug-likeness (QED) is 0.944.